The number of rotatable bonds is 10. The molecule has 0 spiro atoms. The summed E-state index contributed by atoms with van der Waals surface area (Å²) < 4.78 is 39.6. The Labute approximate surface area is 229 Å². The van der Waals surface area contributed by atoms with E-state index in [0.29, 0.717) is 5.75 Å². The summed E-state index contributed by atoms with van der Waals surface area (Å²) in [5, 5.41) is 13.6. The molecule has 14 heteroatoms. The van der Waals surface area contributed by atoms with E-state index in [2.05, 4.69) is 5.09 Å². The topological polar surface area (TPSA) is 141 Å². The van der Waals surface area contributed by atoms with Crippen LogP contribution >= 0.6 is 6.64 Å². The Morgan fingerprint density at radius 1 is 1.28 bits per heavy atom. The van der Waals surface area contributed by atoms with Gasteiger partial charge in [0.25, 0.3) is 5.56 Å². The molecule has 1 saturated heterocycles. The summed E-state index contributed by atoms with van der Waals surface area (Å²) in [5.74, 6) is -0.121. The summed E-state index contributed by atoms with van der Waals surface area (Å²) in [6.45, 7) is -1.23. The quantitative estimate of drug-likeness (QED) is 0.282. The number of carbonyl (C=O) groups excluding carboxylic acids is 1. The number of carbonyl (C=O) groups is 1. The number of alkyl halides is 1. The molecule has 11 nitrogen and oxygen atoms in total. The molecular formula is C25H33FN3O8PS. The van der Waals surface area contributed by atoms with Crippen molar-refractivity contribution in [2.45, 2.75) is 82.2 Å². The number of aromatic nitrogens is 2. The minimum Gasteiger partial charge on any atom is -0.461 e. The zero-order chi connectivity index (χ0) is 28.2. The van der Waals surface area contributed by atoms with E-state index in [9.17, 15) is 19.5 Å². The first-order valence-electron chi connectivity index (χ1n) is 12.8. The highest BCUT2D eigenvalue weighted by atomic mass is 32.5. The van der Waals surface area contributed by atoms with Crippen molar-refractivity contribution in [3.05, 3.63) is 63.4 Å². The molecule has 0 bridgehead atoms. The van der Waals surface area contributed by atoms with E-state index in [4.69, 9.17) is 30.3 Å². The summed E-state index contributed by atoms with van der Waals surface area (Å²) in [5.41, 5.74) is -3.96. The van der Waals surface area contributed by atoms with Crippen LogP contribution in [-0.2, 0) is 30.6 Å². The second-order valence-corrected chi connectivity index (χ2v) is 13.0. The third-order valence-corrected chi connectivity index (χ3v) is 9.24. The number of hydrogen-bond donors (Lipinski definition) is 3. The number of benzene rings is 1. The van der Waals surface area contributed by atoms with Crippen molar-refractivity contribution in [1.29, 1.82) is 0 Å². The number of aliphatic hydroxyl groups excluding tert-OH is 1. The zero-order valence-electron chi connectivity index (χ0n) is 21.7. The smallest absolute Gasteiger partial charge is 0.330 e. The number of esters is 1. The summed E-state index contributed by atoms with van der Waals surface area (Å²) in [6, 6.07) is 8.75. The largest absolute Gasteiger partial charge is 0.461 e. The van der Waals surface area contributed by atoms with E-state index in [-0.39, 0.29) is 6.10 Å². The van der Waals surface area contributed by atoms with Crippen molar-refractivity contribution in [2.24, 2.45) is 0 Å². The highest BCUT2D eigenvalue weighted by molar-refractivity contribution is 8.09. The molecule has 2 fully saturated rings. The van der Waals surface area contributed by atoms with Gasteiger partial charge in [-0.2, -0.15) is 0 Å². The molecule has 1 aromatic carbocycles. The summed E-state index contributed by atoms with van der Waals surface area (Å²) in [7, 11) is 0. The van der Waals surface area contributed by atoms with Gasteiger partial charge in [0.2, 0.25) is 0 Å². The molecule has 2 aliphatic rings. The molecule has 1 aliphatic heterocycles. The zero-order valence-corrected chi connectivity index (χ0v) is 23.4. The molecule has 2 heterocycles. The number of halogens is 1. The van der Waals surface area contributed by atoms with Gasteiger partial charge in [-0.3, -0.25) is 19.1 Å². The third-order valence-electron chi connectivity index (χ3n) is 6.74. The van der Waals surface area contributed by atoms with Crippen LogP contribution in [0.4, 0.5) is 4.39 Å². The number of nitrogens with one attached hydrogen (secondary N) is 2. The molecule has 0 radical (unpaired) electrons. The molecule has 1 saturated carbocycles. The number of hydrogen-bond acceptors (Lipinski definition) is 9. The Morgan fingerprint density at radius 2 is 1.97 bits per heavy atom. The van der Waals surface area contributed by atoms with Crippen molar-refractivity contribution in [3.8, 4) is 5.75 Å². The molecule has 2 aromatic rings. The molecule has 6 unspecified atom stereocenters. The molecule has 214 valence electrons. The van der Waals surface area contributed by atoms with Crippen molar-refractivity contribution in [1.82, 2.24) is 14.6 Å². The normalized spacial score (nSPS) is 27.9. The van der Waals surface area contributed by atoms with Gasteiger partial charge in [0, 0.05) is 12.3 Å². The van der Waals surface area contributed by atoms with Crippen LogP contribution in [0.25, 0.3) is 0 Å². The fraction of sp³-hybridized carbons (Fsp3) is 0.560. The maximum atomic E-state index is 15.6. The Hall–Kier alpha value is -2.41. The number of aliphatic hydroxyl groups is 1. The van der Waals surface area contributed by atoms with Crippen LogP contribution in [0.5, 0.6) is 5.75 Å². The average Bonchev–Trinajstić information content (AvgIpc) is 3.12. The van der Waals surface area contributed by atoms with Gasteiger partial charge in [0.15, 0.2) is 11.9 Å². The lowest BCUT2D eigenvalue weighted by Crippen LogP contribution is -2.43. The van der Waals surface area contributed by atoms with Crippen molar-refractivity contribution < 1.29 is 32.8 Å². The molecule has 6 atom stereocenters. The lowest BCUT2D eigenvalue weighted by atomic mass is 9.98. The number of ether oxygens (including phenoxy) is 2. The van der Waals surface area contributed by atoms with Gasteiger partial charge in [0.1, 0.15) is 30.1 Å². The third kappa shape index (κ3) is 7.22. The van der Waals surface area contributed by atoms with Crippen molar-refractivity contribution in [2.75, 3.05) is 6.61 Å². The van der Waals surface area contributed by atoms with Crippen LogP contribution in [0.15, 0.2) is 52.2 Å². The summed E-state index contributed by atoms with van der Waals surface area (Å²) in [4.78, 5) is 38.5. The molecule has 4 rings (SSSR count). The van der Waals surface area contributed by atoms with Crippen LogP contribution in [0.1, 0.15) is 52.2 Å². The average molecular weight is 586 g/mol. The van der Waals surface area contributed by atoms with Crippen LogP contribution in [0.3, 0.4) is 0 Å². The summed E-state index contributed by atoms with van der Waals surface area (Å²) >= 11 is 5.69. The number of nitrogens with zero attached hydrogens (tertiary/aromatic N) is 1. The molecule has 39 heavy (non-hydrogen) atoms. The Bertz CT molecular complexity index is 1300. The lowest BCUT2D eigenvalue weighted by molar-refractivity contribution is -0.152. The van der Waals surface area contributed by atoms with Gasteiger partial charge in [-0.15, -0.1) is 0 Å². The van der Waals surface area contributed by atoms with Crippen LogP contribution < -0.4 is 20.9 Å². The first-order valence-corrected chi connectivity index (χ1v) is 15.4. The highest BCUT2D eigenvalue weighted by Crippen LogP contribution is 2.47. The van der Waals surface area contributed by atoms with Gasteiger partial charge in [-0.05, 0) is 63.5 Å². The Balaban J connectivity index is 1.48. The number of H-pyrrole nitrogens is 1. The van der Waals surface area contributed by atoms with E-state index in [1.54, 1.807) is 37.3 Å². The van der Waals surface area contributed by atoms with E-state index in [1.165, 1.54) is 0 Å². The minimum absolute atomic E-state index is 0.151. The van der Waals surface area contributed by atoms with E-state index >= 15 is 4.39 Å². The maximum Gasteiger partial charge on any atom is 0.330 e. The van der Waals surface area contributed by atoms with Crippen LogP contribution in [-0.4, -0.2) is 57.3 Å². The number of aromatic amines is 1. The molecular weight excluding hydrogens is 552 g/mol. The van der Waals surface area contributed by atoms with E-state index in [1.807, 2.05) is 4.98 Å². The highest BCUT2D eigenvalue weighted by Gasteiger charge is 2.55. The second kappa shape index (κ2) is 12.4. The molecule has 1 aromatic heterocycles. The monoisotopic (exact) mass is 585 g/mol. The van der Waals surface area contributed by atoms with Crippen molar-refractivity contribution in [3.63, 3.8) is 0 Å². The van der Waals surface area contributed by atoms with E-state index < -0.39 is 60.6 Å². The lowest BCUT2D eigenvalue weighted by Gasteiger charge is -2.29. The Morgan fingerprint density at radius 3 is 2.64 bits per heavy atom. The van der Waals surface area contributed by atoms with E-state index in [0.717, 1.165) is 55.9 Å². The minimum atomic E-state index is -3.48. The predicted octanol–water partition coefficient (Wildman–Crippen LogP) is 2.70. The van der Waals surface area contributed by atoms with Crippen LogP contribution in [0, 0.1) is 0 Å². The van der Waals surface area contributed by atoms with Gasteiger partial charge >= 0.3 is 18.3 Å². The number of para-hydroxylation sites is 1. The standard InChI is InChI=1S/C25H33FN3O8PS/c1-16(22(32)35-17-9-5-3-6-10-17)28-38(39,37-18-11-7-4-8-12-18)34-15-19-21(31)25(2,26)23(36-19)29-14-13-20(30)27-24(29)33/h4,7-8,11-14,16-17,19,21,23,31H,3,5-6,9-10,15H2,1-2H3,(H,28,39)(H,27,30,33). The van der Waals surface area contributed by atoms with Gasteiger partial charge < -0.3 is 23.6 Å². The van der Waals surface area contributed by atoms with Gasteiger partial charge in [0.05, 0.1) is 6.61 Å². The molecule has 0 amide bonds. The second-order valence-electron chi connectivity index (χ2n) is 9.89. The van der Waals surface area contributed by atoms with Crippen LogP contribution in [0.2, 0.25) is 0 Å². The Kier molecular flexibility index (Phi) is 9.41. The molecule has 3 N–H and O–H groups in total. The molecule has 1 aliphatic carbocycles. The summed E-state index contributed by atoms with van der Waals surface area (Å²) in [6.07, 6.45) is 1.16. The van der Waals surface area contributed by atoms with Crippen molar-refractivity contribution >= 4 is 24.4 Å². The fourth-order valence-corrected chi connectivity index (χ4v) is 7.00. The predicted molar refractivity (Wildman–Crippen MR) is 144 cm³/mol. The maximum absolute atomic E-state index is 15.6. The fourth-order valence-electron chi connectivity index (χ4n) is 4.58. The van der Waals surface area contributed by atoms with Gasteiger partial charge in [-0.25, -0.2) is 14.3 Å². The van der Waals surface area contributed by atoms with Gasteiger partial charge in [-0.1, -0.05) is 24.6 Å². The first kappa shape index (κ1) is 29.6. The SMILES string of the molecule is CC(NP(=S)(OCC1OC(n2ccc(=O)[nH]c2=O)C(C)(F)C1O)Oc1ccccc1)C(=O)OC1CCCCC1. The first-order chi connectivity index (χ1) is 18.5.